The molecule has 0 spiro atoms. The maximum Gasteiger partial charge on any atom is 0.253 e. The van der Waals surface area contributed by atoms with Crippen molar-refractivity contribution in [3.05, 3.63) is 90.0 Å². The lowest BCUT2D eigenvalue weighted by Gasteiger charge is -2.25. The Morgan fingerprint density at radius 2 is 1.45 bits per heavy atom. The lowest BCUT2D eigenvalue weighted by Crippen LogP contribution is -2.30. The summed E-state index contributed by atoms with van der Waals surface area (Å²) in [5, 5.41) is 0. The first-order chi connectivity index (χ1) is 14.0. The van der Waals surface area contributed by atoms with Crippen molar-refractivity contribution in [1.29, 1.82) is 0 Å². The van der Waals surface area contributed by atoms with Gasteiger partial charge in [0, 0.05) is 26.6 Å². The minimum atomic E-state index is -0.138. The summed E-state index contributed by atoms with van der Waals surface area (Å²) in [6.07, 6.45) is 0. The zero-order valence-corrected chi connectivity index (χ0v) is 16.8. The topological polar surface area (TPSA) is 49.9 Å². The van der Waals surface area contributed by atoms with Gasteiger partial charge >= 0.3 is 0 Å². The number of benzene rings is 3. The van der Waals surface area contributed by atoms with Crippen molar-refractivity contribution in [2.75, 3.05) is 19.0 Å². The predicted octanol–water partition coefficient (Wildman–Crippen LogP) is 4.73. The number of anilines is 1. The third-order valence-electron chi connectivity index (χ3n) is 4.49. The second-order valence-corrected chi connectivity index (χ2v) is 6.84. The van der Waals surface area contributed by atoms with Crippen LogP contribution in [0.5, 0.6) is 11.5 Å². The van der Waals surface area contributed by atoms with E-state index in [1.54, 1.807) is 25.1 Å². The van der Waals surface area contributed by atoms with Gasteiger partial charge in [0.05, 0.1) is 12.2 Å². The van der Waals surface area contributed by atoms with Crippen LogP contribution in [0.4, 0.5) is 5.69 Å². The molecule has 29 heavy (non-hydrogen) atoms. The molecule has 0 aromatic heterocycles. The van der Waals surface area contributed by atoms with Gasteiger partial charge in [-0.15, -0.1) is 0 Å². The normalized spacial score (nSPS) is 10.3. The molecule has 5 heteroatoms. The Bertz CT molecular complexity index is 1000. The molecule has 0 saturated carbocycles. The molecule has 0 unspecified atom stereocenters. The fourth-order valence-corrected chi connectivity index (χ4v) is 3.03. The number of hydrogen-bond donors (Lipinski definition) is 0. The molecule has 3 rings (SSSR count). The number of ether oxygens (including phenoxy) is 1. The van der Waals surface area contributed by atoms with Crippen LogP contribution in [0.3, 0.4) is 0 Å². The highest BCUT2D eigenvalue weighted by molar-refractivity contribution is 5.97. The van der Waals surface area contributed by atoms with E-state index in [2.05, 4.69) is 0 Å². The molecule has 0 heterocycles. The summed E-state index contributed by atoms with van der Waals surface area (Å²) in [6, 6.07) is 24.2. The molecule has 3 aromatic rings. The number of carbonyl (C=O) groups is 2. The molecule has 0 N–H and O–H groups in total. The Kier molecular flexibility index (Phi) is 6.29. The number of nitrogens with zero attached hydrogens (tertiary/aromatic N) is 2. The van der Waals surface area contributed by atoms with E-state index >= 15 is 0 Å². The highest BCUT2D eigenvalue weighted by Crippen LogP contribution is 2.33. The van der Waals surface area contributed by atoms with Gasteiger partial charge in [0.2, 0.25) is 5.91 Å². The molecule has 0 atom stereocenters. The van der Waals surface area contributed by atoms with Crippen molar-refractivity contribution in [3.63, 3.8) is 0 Å². The maximum atomic E-state index is 12.6. The van der Waals surface area contributed by atoms with Crippen LogP contribution in [0.2, 0.25) is 0 Å². The molecule has 0 aliphatic rings. The van der Waals surface area contributed by atoms with E-state index < -0.39 is 0 Å². The highest BCUT2D eigenvalue weighted by atomic mass is 16.5. The van der Waals surface area contributed by atoms with E-state index in [0.717, 1.165) is 5.56 Å². The van der Waals surface area contributed by atoms with Crippen LogP contribution < -0.4 is 9.64 Å². The molecule has 0 radical (unpaired) electrons. The van der Waals surface area contributed by atoms with E-state index in [9.17, 15) is 9.59 Å². The van der Waals surface area contributed by atoms with Gasteiger partial charge in [-0.25, -0.2) is 0 Å². The van der Waals surface area contributed by atoms with Crippen LogP contribution >= 0.6 is 0 Å². The molecule has 0 fully saturated rings. The van der Waals surface area contributed by atoms with Crippen molar-refractivity contribution in [1.82, 2.24) is 4.90 Å². The molecule has 0 aliphatic heterocycles. The number of amides is 2. The van der Waals surface area contributed by atoms with E-state index in [-0.39, 0.29) is 18.4 Å². The lowest BCUT2D eigenvalue weighted by molar-refractivity contribution is -0.116. The standard InChI is InChI=1S/C24H24N2O3/c1-18(27)26(17-19-11-7-8-14-21(19)24(28)25(2)3)22-15-9-10-16-23(22)29-20-12-5-4-6-13-20/h4-16H,17H2,1-3H3. The monoisotopic (exact) mass is 388 g/mol. The van der Waals surface area contributed by atoms with Gasteiger partial charge in [-0.05, 0) is 35.9 Å². The van der Waals surface area contributed by atoms with Crippen molar-refractivity contribution >= 4 is 17.5 Å². The van der Waals surface area contributed by atoms with Gasteiger partial charge < -0.3 is 14.5 Å². The Morgan fingerprint density at radius 1 is 0.828 bits per heavy atom. The zero-order valence-electron chi connectivity index (χ0n) is 16.8. The molecule has 0 bridgehead atoms. The fourth-order valence-electron chi connectivity index (χ4n) is 3.03. The number of rotatable bonds is 6. The summed E-state index contributed by atoms with van der Waals surface area (Å²) in [5.41, 5.74) is 2.00. The zero-order chi connectivity index (χ0) is 20.8. The Morgan fingerprint density at radius 3 is 2.14 bits per heavy atom. The first kappa shape index (κ1) is 20.1. The Labute approximate surface area is 171 Å². The van der Waals surface area contributed by atoms with E-state index in [0.29, 0.717) is 22.7 Å². The minimum absolute atomic E-state index is 0.0991. The van der Waals surface area contributed by atoms with Crippen molar-refractivity contribution in [2.45, 2.75) is 13.5 Å². The predicted molar refractivity (Wildman–Crippen MR) is 114 cm³/mol. The Balaban J connectivity index is 1.97. The van der Waals surface area contributed by atoms with Gasteiger partial charge in [0.1, 0.15) is 5.75 Å². The number of hydrogen-bond acceptors (Lipinski definition) is 3. The molecule has 148 valence electrons. The third kappa shape index (κ3) is 4.82. The second kappa shape index (κ2) is 9.06. The van der Waals surface area contributed by atoms with Crippen molar-refractivity contribution in [3.8, 4) is 11.5 Å². The molecule has 3 aromatic carbocycles. The highest BCUT2D eigenvalue weighted by Gasteiger charge is 2.20. The van der Waals surface area contributed by atoms with Gasteiger partial charge in [0.25, 0.3) is 5.91 Å². The van der Waals surface area contributed by atoms with Gasteiger partial charge in [-0.3, -0.25) is 9.59 Å². The van der Waals surface area contributed by atoms with Crippen LogP contribution in [-0.2, 0) is 11.3 Å². The SMILES string of the molecule is CC(=O)N(Cc1ccccc1C(=O)N(C)C)c1ccccc1Oc1ccccc1. The van der Waals surface area contributed by atoms with Gasteiger partial charge in [-0.2, -0.15) is 0 Å². The quantitative estimate of drug-likeness (QED) is 0.613. The summed E-state index contributed by atoms with van der Waals surface area (Å²) in [5.74, 6) is 1.02. The number of para-hydroxylation sites is 3. The molecular formula is C24H24N2O3. The average molecular weight is 388 g/mol. The summed E-state index contributed by atoms with van der Waals surface area (Å²) in [4.78, 5) is 28.3. The van der Waals surface area contributed by atoms with Gasteiger partial charge in [-0.1, -0.05) is 48.5 Å². The molecule has 0 aliphatic carbocycles. The van der Waals surface area contributed by atoms with Crippen LogP contribution in [0.15, 0.2) is 78.9 Å². The summed E-state index contributed by atoms with van der Waals surface area (Å²) in [7, 11) is 3.43. The first-order valence-corrected chi connectivity index (χ1v) is 9.37. The van der Waals surface area contributed by atoms with Crippen molar-refractivity contribution < 1.29 is 14.3 Å². The van der Waals surface area contributed by atoms with Crippen LogP contribution in [0.25, 0.3) is 0 Å². The molecule has 5 nitrogen and oxygen atoms in total. The first-order valence-electron chi connectivity index (χ1n) is 9.37. The molecule has 0 saturated heterocycles. The second-order valence-electron chi connectivity index (χ2n) is 6.84. The van der Waals surface area contributed by atoms with Crippen LogP contribution in [0.1, 0.15) is 22.8 Å². The summed E-state index contributed by atoms with van der Waals surface area (Å²) >= 11 is 0. The molecular weight excluding hydrogens is 364 g/mol. The van der Waals surface area contributed by atoms with Crippen LogP contribution in [-0.4, -0.2) is 30.8 Å². The summed E-state index contributed by atoms with van der Waals surface area (Å²) in [6.45, 7) is 1.77. The summed E-state index contributed by atoms with van der Waals surface area (Å²) < 4.78 is 6.03. The van der Waals surface area contributed by atoms with Crippen LogP contribution in [0, 0.1) is 0 Å². The Hall–Kier alpha value is -3.60. The molecule has 2 amide bonds. The van der Waals surface area contributed by atoms with Crippen molar-refractivity contribution in [2.24, 2.45) is 0 Å². The third-order valence-corrected chi connectivity index (χ3v) is 4.49. The average Bonchev–Trinajstić information content (AvgIpc) is 2.73. The maximum absolute atomic E-state index is 12.6. The van der Waals surface area contributed by atoms with E-state index in [1.807, 2.05) is 72.8 Å². The van der Waals surface area contributed by atoms with Gasteiger partial charge in [0.15, 0.2) is 5.75 Å². The largest absolute Gasteiger partial charge is 0.455 e. The smallest absolute Gasteiger partial charge is 0.253 e. The van der Waals surface area contributed by atoms with E-state index in [1.165, 1.54) is 11.8 Å². The van der Waals surface area contributed by atoms with E-state index in [4.69, 9.17) is 4.74 Å². The fraction of sp³-hybridized carbons (Fsp3) is 0.167. The lowest BCUT2D eigenvalue weighted by atomic mass is 10.1. The minimum Gasteiger partial charge on any atom is -0.455 e. The number of carbonyl (C=O) groups excluding carboxylic acids is 2.